The summed E-state index contributed by atoms with van der Waals surface area (Å²) in [4.78, 5) is 80.0. The van der Waals surface area contributed by atoms with Crippen molar-refractivity contribution in [1.82, 2.24) is 35.0 Å². The minimum absolute atomic E-state index is 0.0280. The van der Waals surface area contributed by atoms with Gasteiger partial charge in [-0.2, -0.15) is 4.98 Å². The summed E-state index contributed by atoms with van der Waals surface area (Å²) in [6, 6.07) is 10.3. The summed E-state index contributed by atoms with van der Waals surface area (Å²) >= 11 is 6.60. The van der Waals surface area contributed by atoms with Crippen molar-refractivity contribution in [1.29, 1.82) is 0 Å². The molecule has 3 N–H and O–H groups in total. The van der Waals surface area contributed by atoms with Gasteiger partial charge in [0.2, 0.25) is 17.8 Å². The normalized spacial score (nSPS) is 23.0. The van der Waals surface area contributed by atoms with Gasteiger partial charge < -0.3 is 39.4 Å². The van der Waals surface area contributed by atoms with Gasteiger partial charge in [-0.25, -0.2) is 9.37 Å². The molecule has 5 aliphatic heterocycles. The third kappa shape index (κ3) is 8.67. The molecule has 1 saturated carbocycles. The molecule has 354 valence electrons. The molecule has 6 aliphatic rings. The number of benzene rings is 2. The number of carbonyl (C=O) groups excluding carboxylic acids is 4. The van der Waals surface area contributed by atoms with Crippen molar-refractivity contribution in [3.63, 3.8) is 0 Å². The Labute approximate surface area is 392 Å². The number of fused-ring (bicyclic) bond motifs is 2. The number of imide groups is 1. The lowest BCUT2D eigenvalue weighted by Crippen LogP contribution is -2.66. The molecule has 1 unspecified atom stereocenters. The Balaban J connectivity index is 0.676. The molecule has 5 fully saturated rings. The zero-order chi connectivity index (χ0) is 46.7. The second-order valence-corrected chi connectivity index (χ2v) is 19.7. The summed E-state index contributed by atoms with van der Waals surface area (Å²) in [5, 5.41) is 9.26. The van der Waals surface area contributed by atoms with E-state index < -0.39 is 11.9 Å². The van der Waals surface area contributed by atoms with Gasteiger partial charge in [-0.15, -0.1) is 0 Å². The first-order valence-electron chi connectivity index (χ1n) is 23.4. The molecule has 19 heteroatoms. The number of amides is 4. The van der Waals surface area contributed by atoms with E-state index in [0.717, 1.165) is 88.7 Å². The monoisotopic (exact) mass is 938 g/mol. The van der Waals surface area contributed by atoms with Gasteiger partial charge in [0.15, 0.2) is 24.0 Å². The number of anilines is 4. The van der Waals surface area contributed by atoms with Crippen molar-refractivity contribution in [2.75, 3.05) is 68.0 Å². The topological polar surface area (TPSA) is 184 Å². The first-order valence-corrected chi connectivity index (χ1v) is 23.8. The lowest BCUT2D eigenvalue weighted by molar-refractivity contribution is -0.137. The van der Waals surface area contributed by atoms with Crippen LogP contribution in [-0.4, -0.2) is 125 Å². The Morgan fingerprint density at radius 2 is 1.75 bits per heavy atom. The van der Waals surface area contributed by atoms with Crippen molar-refractivity contribution >= 4 is 69.3 Å². The number of rotatable bonds is 12. The van der Waals surface area contributed by atoms with Crippen LogP contribution in [-0.2, 0) is 25.7 Å². The van der Waals surface area contributed by atoms with Crippen LogP contribution >= 0.6 is 11.6 Å². The molecular formula is C48H56ClFN10O7. The summed E-state index contributed by atoms with van der Waals surface area (Å²) in [7, 11) is 1.51. The quantitative estimate of drug-likeness (QED) is 0.163. The number of likely N-dealkylation sites (N-methyl/N-ethyl adjacent to an activating group) is 1. The van der Waals surface area contributed by atoms with E-state index in [2.05, 4.69) is 35.6 Å². The number of likely N-dealkylation sites (tertiary alicyclic amines) is 1. The van der Waals surface area contributed by atoms with Crippen LogP contribution in [0.25, 0.3) is 10.9 Å². The highest BCUT2D eigenvalue weighted by molar-refractivity contribution is 6.33. The summed E-state index contributed by atoms with van der Waals surface area (Å²) in [6.45, 7) is 8.70. The minimum atomic E-state index is -0.772. The number of nitrogens with one attached hydrogen (secondary N) is 3. The Hall–Kier alpha value is -5.85. The second-order valence-electron chi connectivity index (χ2n) is 19.3. The smallest absolute Gasteiger partial charge is 0.293 e. The van der Waals surface area contributed by atoms with E-state index in [1.54, 1.807) is 29.0 Å². The molecule has 67 heavy (non-hydrogen) atoms. The molecule has 1 spiro atoms. The Bertz CT molecular complexity index is 2690. The molecule has 1 aliphatic carbocycles. The Morgan fingerprint density at radius 3 is 2.46 bits per heavy atom. The number of ether oxygens (including phenoxy) is 2. The maximum atomic E-state index is 16.0. The average Bonchev–Trinajstić information content (AvgIpc) is 3.63. The molecule has 7 heterocycles. The van der Waals surface area contributed by atoms with Crippen LogP contribution in [0.2, 0.25) is 5.02 Å². The van der Waals surface area contributed by atoms with E-state index in [0.29, 0.717) is 45.3 Å². The standard InChI is InChI=1S/C48H56ClFN10O7/c1-27(2)60-36-6-4-29(18-28(36)19-39(46(60)65)66-24-41(62)51-3)53-43-35(49)22-52-47(55-43)57-14-10-31(11-15-57)67-32-20-30(21-32)58-25-48(26-58)12-16-56(17-13-48)37-7-5-33-34(42(37)50)23-59(45(33)64)38-8-9-40(61)54-44(38)63/h4-7,18-19,22,27,30-32,38H,8-17,20-21,23-26H2,1-3H3,(H,51,62)(H,52,53,55)(H,54,61,63). The fraction of sp³-hybridized carbons (Fsp3) is 0.521. The highest BCUT2D eigenvalue weighted by atomic mass is 35.5. The third-order valence-electron chi connectivity index (χ3n) is 14.7. The molecule has 17 nitrogen and oxygen atoms in total. The molecule has 2 aromatic heterocycles. The van der Waals surface area contributed by atoms with E-state index in [1.807, 2.05) is 32.0 Å². The number of nitrogens with zero attached hydrogens (tertiary/aromatic N) is 7. The lowest BCUT2D eigenvalue weighted by atomic mass is 9.69. The van der Waals surface area contributed by atoms with Crippen LogP contribution in [0.3, 0.4) is 0 Å². The van der Waals surface area contributed by atoms with Gasteiger partial charge in [-0.05, 0) is 101 Å². The summed E-state index contributed by atoms with van der Waals surface area (Å²) in [5.74, 6) is -0.804. The first kappa shape index (κ1) is 45.0. The van der Waals surface area contributed by atoms with E-state index in [1.165, 1.54) is 11.9 Å². The molecule has 4 aromatic rings. The Kier molecular flexibility index (Phi) is 12.1. The van der Waals surface area contributed by atoms with Crippen LogP contribution < -0.4 is 36.0 Å². The van der Waals surface area contributed by atoms with Gasteiger partial charge in [0.1, 0.15) is 11.1 Å². The predicted molar refractivity (Wildman–Crippen MR) is 250 cm³/mol. The number of hydrogen-bond donors (Lipinski definition) is 3. The zero-order valence-corrected chi connectivity index (χ0v) is 38.7. The molecular weight excluding hydrogens is 883 g/mol. The van der Waals surface area contributed by atoms with Crippen molar-refractivity contribution in [2.45, 2.75) is 102 Å². The number of piperidine rings is 3. The molecule has 10 rings (SSSR count). The second kappa shape index (κ2) is 18.0. The number of aromatic nitrogens is 3. The van der Waals surface area contributed by atoms with Gasteiger partial charge in [-0.1, -0.05) is 11.6 Å². The number of carbonyl (C=O) groups is 4. The van der Waals surface area contributed by atoms with E-state index >= 15 is 4.39 Å². The highest BCUT2D eigenvalue weighted by Gasteiger charge is 2.50. The minimum Gasteiger partial charge on any atom is -0.478 e. The number of halogens is 2. The van der Waals surface area contributed by atoms with Crippen molar-refractivity contribution in [2.24, 2.45) is 5.41 Å². The molecule has 2 aromatic carbocycles. The number of pyridine rings is 1. The zero-order valence-electron chi connectivity index (χ0n) is 38.0. The molecule has 0 radical (unpaired) electrons. The summed E-state index contributed by atoms with van der Waals surface area (Å²) in [5.41, 5.74) is 2.51. The maximum Gasteiger partial charge on any atom is 0.293 e. The van der Waals surface area contributed by atoms with Crippen LogP contribution in [0.1, 0.15) is 87.2 Å². The van der Waals surface area contributed by atoms with Crippen molar-refractivity contribution in [3.8, 4) is 5.75 Å². The number of hydrogen-bond acceptors (Lipinski definition) is 13. The van der Waals surface area contributed by atoms with Gasteiger partial charge in [-0.3, -0.25) is 34.2 Å². The van der Waals surface area contributed by atoms with Gasteiger partial charge in [0.25, 0.3) is 17.4 Å². The van der Waals surface area contributed by atoms with E-state index in [9.17, 15) is 24.0 Å². The van der Waals surface area contributed by atoms with Crippen LogP contribution in [0.5, 0.6) is 5.75 Å². The largest absolute Gasteiger partial charge is 0.478 e. The van der Waals surface area contributed by atoms with E-state index in [-0.39, 0.29) is 84.5 Å². The lowest BCUT2D eigenvalue weighted by Gasteiger charge is -2.59. The first-order chi connectivity index (χ1) is 32.3. The van der Waals surface area contributed by atoms with Crippen LogP contribution in [0, 0.1) is 11.2 Å². The third-order valence-corrected chi connectivity index (χ3v) is 15.0. The van der Waals surface area contributed by atoms with Gasteiger partial charge in [0, 0.05) is 87.0 Å². The molecule has 0 bridgehead atoms. The van der Waals surface area contributed by atoms with Crippen LogP contribution in [0.4, 0.5) is 27.5 Å². The Morgan fingerprint density at radius 1 is 0.985 bits per heavy atom. The predicted octanol–water partition coefficient (Wildman–Crippen LogP) is 4.91. The molecule has 4 saturated heterocycles. The summed E-state index contributed by atoms with van der Waals surface area (Å²) in [6.07, 6.45) is 8.17. The summed E-state index contributed by atoms with van der Waals surface area (Å²) < 4.78 is 29.9. The highest BCUT2D eigenvalue weighted by Crippen LogP contribution is 2.46. The molecule has 1 atom stereocenters. The van der Waals surface area contributed by atoms with Crippen LogP contribution in [0.15, 0.2) is 47.4 Å². The fourth-order valence-corrected chi connectivity index (χ4v) is 11.0. The van der Waals surface area contributed by atoms with Gasteiger partial charge >= 0.3 is 0 Å². The SMILES string of the molecule is CNC(=O)COc1cc2cc(Nc3nc(N4CCC(OC5CC(N6CC7(CCN(c8ccc9c(c8F)CN(C8CCC(=O)NC8=O)C9=O)CC7)C6)C5)CC4)ncc3Cl)ccc2n(C(C)C)c1=O. The van der Waals surface area contributed by atoms with Crippen molar-refractivity contribution in [3.05, 3.63) is 74.9 Å². The van der Waals surface area contributed by atoms with E-state index in [4.69, 9.17) is 26.1 Å². The average molecular weight is 939 g/mol. The fourth-order valence-electron chi connectivity index (χ4n) is 10.8. The van der Waals surface area contributed by atoms with Crippen molar-refractivity contribution < 1.29 is 33.0 Å². The molecule has 4 amide bonds. The maximum absolute atomic E-state index is 16.0. The van der Waals surface area contributed by atoms with Gasteiger partial charge in [0.05, 0.1) is 36.2 Å².